The smallest absolute Gasteiger partial charge is 0.182 e. The van der Waals surface area contributed by atoms with Gasteiger partial charge in [-0.25, -0.2) is 4.98 Å². The van der Waals surface area contributed by atoms with Crippen LogP contribution in [0.15, 0.2) is 35.8 Å². The molecule has 0 aliphatic carbocycles. The summed E-state index contributed by atoms with van der Waals surface area (Å²) >= 11 is 1.60. The summed E-state index contributed by atoms with van der Waals surface area (Å²) in [7, 11) is 0. The van der Waals surface area contributed by atoms with E-state index in [2.05, 4.69) is 10.3 Å². The highest BCUT2D eigenvalue weighted by molar-refractivity contribution is 7.13. The Balaban J connectivity index is 1.81. The number of phenolic OH excluding ortho intramolecular Hbond substituents is 1. The normalized spacial score (nSPS) is 10.1. The molecule has 78 valence electrons. The zero-order valence-electron chi connectivity index (χ0n) is 8.18. The van der Waals surface area contributed by atoms with Crippen LogP contribution in [0.25, 0.3) is 0 Å². The van der Waals surface area contributed by atoms with Crippen LogP contribution in [0.5, 0.6) is 5.75 Å². The fourth-order valence-corrected chi connectivity index (χ4v) is 1.84. The molecule has 0 saturated carbocycles. The van der Waals surface area contributed by atoms with E-state index in [1.807, 2.05) is 17.5 Å². The van der Waals surface area contributed by atoms with Gasteiger partial charge in [0.15, 0.2) is 5.13 Å². The summed E-state index contributed by atoms with van der Waals surface area (Å²) in [5.41, 5.74) is 1.21. The number of thiazole rings is 1. The largest absolute Gasteiger partial charge is 0.508 e. The van der Waals surface area contributed by atoms with Crippen molar-refractivity contribution >= 4 is 16.5 Å². The first-order valence-corrected chi connectivity index (χ1v) is 5.64. The maximum atomic E-state index is 9.11. The van der Waals surface area contributed by atoms with Gasteiger partial charge < -0.3 is 10.4 Å². The van der Waals surface area contributed by atoms with Gasteiger partial charge in [0, 0.05) is 18.1 Å². The van der Waals surface area contributed by atoms with E-state index in [1.54, 1.807) is 29.7 Å². The third-order valence-corrected chi connectivity index (χ3v) is 2.79. The summed E-state index contributed by atoms with van der Waals surface area (Å²) in [6.45, 7) is 0.859. The molecule has 0 aliphatic heterocycles. The Kier molecular flexibility index (Phi) is 3.19. The molecule has 4 heteroatoms. The van der Waals surface area contributed by atoms with Gasteiger partial charge >= 0.3 is 0 Å². The number of anilines is 1. The van der Waals surface area contributed by atoms with Crippen LogP contribution < -0.4 is 5.32 Å². The molecular formula is C11H12N2OS. The first-order valence-electron chi connectivity index (χ1n) is 4.76. The molecule has 2 aromatic rings. The molecule has 0 bridgehead atoms. The van der Waals surface area contributed by atoms with Crippen LogP contribution in [0.1, 0.15) is 5.56 Å². The zero-order chi connectivity index (χ0) is 10.5. The van der Waals surface area contributed by atoms with Crippen LogP contribution in [-0.2, 0) is 6.42 Å². The Morgan fingerprint density at radius 3 is 2.73 bits per heavy atom. The van der Waals surface area contributed by atoms with Crippen molar-refractivity contribution in [3.05, 3.63) is 41.4 Å². The van der Waals surface area contributed by atoms with Crippen molar-refractivity contribution in [3.8, 4) is 5.75 Å². The molecule has 0 radical (unpaired) electrons. The molecule has 1 aromatic heterocycles. The predicted molar refractivity (Wildman–Crippen MR) is 62.4 cm³/mol. The third-order valence-electron chi connectivity index (χ3n) is 2.06. The summed E-state index contributed by atoms with van der Waals surface area (Å²) in [5, 5.41) is 15.2. The zero-order valence-corrected chi connectivity index (χ0v) is 9.00. The molecule has 1 aromatic carbocycles. The van der Waals surface area contributed by atoms with Crippen molar-refractivity contribution in [2.75, 3.05) is 11.9 Å². The number of hydrogen-bond acceptors (Lipinski definition) is 4. The summed E-state index contributed by atoms with van der Waals surface area (Å²) in [5.74, 6) is 0.312. The highest BCUT2D eigenvalue weighted by Crippen LogP contribution is 2.12. The van der Waals surface area contributed by atoms with E-state index in [4.69, 9.17) is 5.11 Å². The highest BCUT2D eigenvalue weighted by Gasteiger charge is 1.95. The van der Waals surface area contributed by atoms with E-state index >= 15 is 0 Å². The Morgan fingerprint density at radius 2 is 2.07 bits per heavy atom. The second-order valence-electron chi connectivity index (χ2n) is 3.18. The quantitative estimate of drug-likeness (QED) is 0.832. The van der Waals surface area contributed by atoms with Gasteiger partial charge in [0.1, 0.15) is 5.75 Å². The van der Waals surface area contributed by atoms with Crippen LogP contribution in [0, 0.1) is 0 Å². The maximum absolute atomic E-state index is 9.11. The highest BCUT2D eigenvalue weighted by atomic mass is 32.1. The lowest BCUT2D eigenvalue weighted by atomic mass is 10.1. The van der Waals surface area contributed by atoms with Crippen molar-refractivity contribution in [1.82, 2.24) is 4.98 Å². The molecule has 2 N–H and O–H groups in total. The summed E-state index contributed by atoms with van der Waals surface area (Å²) < 4.78 is 0. The molecule has 0 atom stereocenters. The lowest BCUT2D eigenvalue weighted by molar-refractivity contribution is 0.475. The van der Waals surface area contributed by atoms with Gasteiger partial charge in [0.2, 0.25) is 0 Å². The van der Waals surface area contributed by atoms with Crippen LogP contribution in [-0.4, -0.2) is 16.6 Å². The molecule has 0 unspecified atom stereocenters. The van der Waals surface area contributed by atoms with Crippen LogP contribution in [0.2, 0.25) is 0 Å². The molecule has 15 heavy (non-hydrogen) atoms. The molecule has 0 saturated heterocycles. The monoisotopic (exact) mass is 220 g/mol. The fraction of sp³-hybridized carbons (Fsp3) is 0.182. The average molecular weight is 220 g/mol. The van der Waals surface area contributed by atoms with E-state index in [9.17, 15) is 0 Å². The van der Waals surface area contributed by atoms with E-state index in [1.165, 1.54) is 5.56 Å². The van der Waals surface area contributed by atoms with Crippen molar-refractivity contribution in [1.29, 1.82) is 0 Å². The fourth-order valence-electron chi connectivity index (χ4n) is 1.29. The lowest BCUT2D eigenvalue weighted by Gasteiger charge is -2.02. The predicted octanol–water partition coefficient (Wildman–Crippen LogP) is 2.50. The molecule has 0 spiro atoms. The van der Waals surface area contributed by atoms with Crippen molar-refractivity contribution in [3.63, 3.8) is 0 Å². The topological polar surface area (TPSA) is 45.1 Å². The lowest BCUT2D eigenvalue weighted by Crippen LogP contribution is -2.04. The molecule has 2 rings (SSSR count). The van der Waals surface area contributed by atoms with Crippen molar-refractivity contribution in [2.45, 2.75) is 6.42 Å². The maximum Gasteiger partial charge on any atom is 0.182 e. The van der Waals surface area contributed by atoms with E-state index in [0.29, 0.717) is 5.75 Å². The Labute approximate surface area is 92.4 Å². The van der Waals surface area contributed by atoms with Gasteiger partial charge in [-0.05, 0) is 24.1 Å². The average Bonchev–Trinajstić information content (AvgIpc) is 2.74. The first kappa shape index (κ1) is 9.98. The van der Waals surface area contributed by atoms with Gasteiger partial charge in [-0.3, -0.25) is 0 Å². The van der Waals surface area contributed by atoms with Crippen LogP contribution in [0.4, 0.5) is 5.13 Å². The van der Waals surface area contributed by atoms with Crippen molar-refractivity contribution in [2.24, 2.45) is 0 Å². The third kappa shape index (κ3) is 2.95. The first-order chi connectivity index (χ1) is 7.34. The number of benzene rings is 1. The number of rotatable bonds is 4. The summed E-state index contributed by atoms with van der Waals surface area (Å²) in [6, 6.07) is 7.27. The number of aromatic hydroxyl groups is 1. The number of nitrogens with zero attached hydrogens (tertiary/aromatic N) is 1. The Bertz CT molecular complexity index is 397. The number of nitrogens with one attached hydrogen (secondary N) is 1. The van der Waals surface area contributed by atoms with Gasteiger partial charge in [-0.15, -0.1) is 11.3 Å². The number of phenols is 1. The van der Waals surface area contributed by atoms with Gasteiger partial charge in [-0.1, -0.05) is 12.1 Å². The number of hydrogen-bond donors (Lipinski definition) is 2. The summed E-state index contributed by atoms with van der Waals surface area (Å²) in [6.07, 6.45) is 2.72. The standard InChI is InChI=1S/C11H12N2OS/c14-10-3-1-9(2-4-10)5-6-12-11-13-7-8-15-11/h1-4,7-8,14H,5-6H2,(H,12,13). The van der Waals surface area contributed by atoms with Crippen LogP contribution in [0.3, 0.4) is 0 Å². The van der Waals surface area contributed by atoms with Crippen molar-refractivity contribution < 1.29 is 5.11 Å². The Hall–Kier alpha value is -1.55. The minimum Gasteiger partial charge on any atom is -0.508 e. The molecule has 0 aliphatic rings. The molecule has 3 nitrogen and oxygen atoms in total. The van der Waals surface area contributed by atoms with Gasteiger partial charge in [0.05, 0.1) is 0 Å². The summed E-state index contributed by atoms with van der Waals surface area (Å²) in [4.78, 5) is 4.13. The van der Waals surface area contributed by atoms with Crippen LogP contribution >= 0.6 is 11.3 Å². The van der Waals surface area contributed by atoms with E-state index < -0.39 is 0 Å². The molecular weight excluding hydrogens is 208 g/mol. The van der Waals surface area contributed by atoms with Gasteiger partial charge in [-0.2, -0.15) is 0 Å². The van der Waals surface area contributed by atoms with Gasteiger partial charge in [0.25, 0.3) is 0 Å². The minimum absolute atomic E-state index is 0.312. The van der Waals surface area contributed by atoms with E-state index in [-0.39, 0.29) is 0 Å². The Morgan fingerprint density at radius 1 is 1.27 bits per heavy atom. The second-order valence-corrected chi connectivity index (χ2v) is 4.08. The molecule has 1 heterocycles. The second kappa shape index (κ2) is 4.79. The SMILES string of the molecule is Oc1ccc(CCNc2nccs2)cc1. The van der Waals surface area contributed by atoms with E-state index in [0.717, 1.165) is 18.1 Å². The molecule has 0 amide bonds. The number of aromatic nitrogens is 1. The minimum atomic E-state index is 0.312. The molecule has 0 fully saturated rings.